The monoisotopic (exact) mass is 437 g/mol. The summed E-state index contributed by atoms with van der Waals surface area (Å²) >= 11 is 0. The van der Waals surface area contributed by atoms with Crippen LogP contribution in [0, 0.1) is 0 Å². The van der Waals surface area contributed by atoms with Crippen molar-refractivity contribution in [1.29, 1.82) is 0 Å². The number of aromatic amines is 1. The van der Waals surface area contributed by atoms with E-state index in [0.29, 0.717) is 35.4 Å². The molecule has 2 aromatic carbocycles. The van der Waals surface area contributed by atoms with Gasteiger partial charge in [0.2, 0.25) is 10.0 Å². The minimum Gasteiger partial charge on any atom is -0.494 e. The quantitative estimate of drug-likeness (QED) is 0.577. The van der Waals surface area contributed by atoms with Gasteiger partial charge in [0, 0.05) is 30.1 Å². The van der Waals surface area contributed by atoms with Crippen molar-refractivity contribution >= 4 is 27.0 Å². The number of hydrogen-bond acceptors (Lipinski definition) is 6. The topological polar surface area (TPSA) is 110 Å². The highest BCUT2D eigenvalue weighted by atomic mass is 32.2. The standard InChI is InChI=1S/C22H23N5O3S/c1-14-13-23-10-5-11-27(14)31(29,30)19-9-4-8-18-21(19)15(22(28)26-18)12-20-24-16-6-2-3-7-17(16)25-20/h2-4,6-9,12,14,23,26,28H,5,10-11,13H2,1H3. The Morgan fingerprint density at radius 2 is 1.87 bits per heavy atom. The first kappa shape index (κ1) is 19.9. The van der Waals surface area contributed by atoms with Crippen LogP contribution in [-0.2, 0) is 10.0 Å². The molecule has 3 aromatic rings. The summed E-state index contributed by atoms with van der Waals surface area (Å²) in [6.45, 7) is 3.73. The van der Waals surface area contributed by atoms with Gasteiger partial charge in [-0.25, -0.2) is 18.4 Å². The average molecular weight is 438 g/mol. The lowest BCUT2D eigenvalue weighted by Gasteiger charge is -2.26. The molecule has 160 valence electrons. The smallest absolute Gasteiger partial charge is 0.244 e. The zero-order valence-corrected chi connectivity index (χ0v) is 17.9. The van der Waals surface area contributed by atoms with E-state index in [4.69, 9.17) is 0 Å². The van der Waals surface area contributed by atoms with Crippen LogP contribution in [0.5, 0.6) is 5.88 Å². The molecule has 3 heterocycles. The van der Waals surface area contributed by atoms with Crippen LogP contribution in [0.3, 0.4) is 0 Å². The maximum atomic E-state index is 13.7. The van der Waals surface area contributed by atoms with Crippen molar-refractivity contribution in [3.63, 3.8) is 0 Å². The number of para-hydroxylation sites is 2. The molecule has 9 heteroatoms. The Morgan fingerprint density at radius 1 is 1.13 bits per heavy atom. The number of nitrogens with one attached hydrogen (secondary N) is 2. The van der Waals surface area contributed by atoms with Gasteiger partial charge in [-0.15, -0.1) is 0 Å². The Balaban J connectivity index is 1.68. The summed E-state index contributed by atoms with van der Waals surface area (Å²) in [7, 11) is -3.79. The number of aromatic hydroxyl groups is 1. The Labute approximate surface area is 179 Å². The van der Waals surface area contributed by atoms with Crippen LogP contribution < -0.4 is 16.0 Å². The fraction of sp³-hybridized carbons (Fsp3) is 0.273. The van der Waals surface area contributed by atoms with Crippen LogP contribution in [-0.4, -0.2) is 48.5 Å². The van der Waals surface area contributed by atoms with E-state index in [1.54, 1.807) is 28.6 Å². The molecular formula is C22H23N5O3S. The number of benzene rings is 2. The van der Waals surface area contributed by atoms with Gasteiger partial charge >= 0.3 is 0 Å². The van der Waals surface area contributed by atoms with Gasteiger partial charge in [-0.2, -0.15) is 4.31 Å². The summed E-state index contributed by atoms with van der Waals surface area (Å²) in [4.78, 5) is 12.0. The molecule has 1 unspecified atom stereocenters. The summed E-state index contributed by atoms with van der Waals surface area (Å²) in [5.74, 6) is 0.300. The van der Waals surface area contributed by atoms with Crippen LogP contribution >= 0.6 is 0 Å². The maximum Gasteiger partial charge on any atom is 0.244 e. The van der Waals surface area contributed by atoms with Gasteiger partial charge in [-0.05, 0) is 50.2 Å². The van der Waals surface area contributed by atoms with Gasteiger partial charge in [0.25, 0.3) is 0 Å². The van der Waals surface area contributed by atoms with E-state index >= 15 is 0 Å². The van der Waals surface area contributed by atoms with Crippen LogP contribution in [0.4, 0.5) is 0 Å². The molecule has 8 nitrogen and oxygen atoms in total. The third-order valence-corrected chi connectivity index (χ3v) is 7.73. The summed E-state index contributed by atoms with van der Waals surface area (Å²) in [5, 5.41) is 15.8. The highest BCUT2D eigenvalue weighted by Crippen LogP contribution is 2.36. The van der Waals surface area contributed by atoms with Crippen molar-refractivity contribution in [3.05, 3.63) is 64.6 Å². The molecular weight excluding hydrogens is 414 g/mol. The second-order valence-corrected chi connectivity index (χ2v) is 9.66. The molecule has 1 aromatic heterocycles. The van der Waals surface area contributed by atoms with Gasteiger partial charge in [-0.3, -0.25) is 0 Å². The molecule has 31 heavy (non-hydrogen) atoms. The lowest BCUT2D eigenvalue weighted by molar-refractivity contribution is 0.354. The molecule has 0 saturated carbocycles. The molecule has 2 aliphatic heterocycles. The Kier molecular flexibility index (Phi) is 4.88. The number of fused-ring (bicyclic) bond motifs is 2. The fourth-order valence-electron chi connectivity index (χ4n) is 4.18. The average Bonchev–Trinajstić information content (AvgIpc) is 3.21. The zero-order chi connectivity index (χ0) is 21.6. The lowest BCUT2D eigenvalue weighted by atomic mass is 10.1. The van der Waals surface area contributed by atoms with Crippen LogP contribution in [0.25, 0.3) is 17.0 Å². The van der Waals surface area contributed by atoms with E-state index in [9.17, 15) is 13.5 Å². The molecule has 0 amide bonds. The minimum atomic E-state index is -3.79. The molecule has 0 spiro atoms. The molecule has 0 bridgehead atoms. The first-order valence-corrected chi connectivity index (χ1v) is 11.7. The van der Waals surface area contributed by atoms with Crippen LogP contribution in [0.15, 0.2) is 63.2 Å². The molecule has 1 fully saturated rings. The summed E-state index contributed by atoms with van der Waals surface area (Å²) < 4.78 is 28.9. The van der Waals surface area contributed by atoms with Crippen molar-refractivity contribution in [2.45, 2.75) is 24.3 Å². The molecule has 5 rings (SSSR count). The Hall–Kier alpha value is -3.01. The predicted molar refractivity (Wildman–Crippen MR) is 118 cm³/mol. The van der Waals surface area contributed by atoms with E-state index in [-0.39, 0.29) is 16.8 Å². The maximum absolute atomic E-state index is 13.7. The SMILES string of the molecule is CC1CNCCCN1S(=O)(=O)c1cccc2[nH]c(O)c(C=C3N=c4ccccc4=N3)c12. The Morgan fingerprint density at radius 3 is 2.61 bits per heavy atom. The van der Waals surface area contributed by atoms with Crippen LogP contribution in [0.2, 0.25) is 0 Å². The predicted octanol–water partition coefficient (Wildman–Crippen LogP) is 1.50. The first-order valence-electron chi connectivity index (χ1n) is 10.3. The van der Waals surface area contributed by atoms with Crippen molar-refractivity contribution in [1.82, 2.24) is 14.6 Å². The number of aromatic nitrogens is 1. The molecule has 0 radical (unpaired) electrons. The van der Waals surface area contributed by atoms with Crippen LogP contribution in [0.1, 0.15) is 18.9 Å². The highest BCUT2D eigenvalue weighted by Gasteiger charge is 2.32. The van der Waals surface area contributed by atoms with E-state index in [1.165, 1.54) is 0 Å². The molecule has 1 saturated heterocycles. The van der Waals surface area contributed by atoms with Gasteiger partial charge in [0.1, 0.15) is 0 Å². The number of hydrogen-bond donors (Lipinski definition) is 3. The molecule has 0 aliphatic carbocycles. The van der Waals surface area contributed by atoms with Crippen molar-refractivity contribution in [2.24, 2.45) is 9.98 Å². The third-order valence-electron chi connectivity index (χ3n) is 5.68. The number of nitrogens with zero attached hydrogens (tertiary/aromatic N) is 3. The molecule has 3 N–H and O–H groups in total. The lowest BCUT2D eigenvalue weighted by Crippen LogP contribution is -2.41. The van der Waals surface area contributed by atoms with Crippen molar-refractivity contribution in [3.8, 4) is 5.88 Å². The summed E-state index contributed by atoms with van der Waals surface area (Å²) in [6.07, 6.45) is 2.37. The minimum absolute atomic E-state index is 0.114. The van der Waals surface area contributed by atoms with E-state index in [0.717, 1.165) is 23.7 Å². The summed E-state index contributed by atoms with van der Waals surface area (Å²) in [5.41, 5.74) is 0.909. The normalized spacial score (nSPS) is 19.5. The third kappa shape index (κ3) is 3.44. The van der Waals surface area contributed by atoms with Gasteiger partial charge in [-0.1, -0.05) is 18.2 Å². The number of H-pyrrole nitrogens is 1. The number of sulfonamides is 1. The fourth-order valence-corrected chi connectivity index (χ4v) is 6.08. The van der Waals surface area contributed by atoms with E-state index < -0.39 is 10.0 Å². The van der Waals surface area contributed by atoms with Gasteiger partial charge in [0.05, 0.1) is 21.1 Å². The second-order valence-electron chi connectivity index (χ2n) is 7.80. The van der Waals surface area contributed by atoms with Crippen molar-refractivity contribution in [2.75, 3.05) is 19.6 Å². The van der Waals surface area contributed by atoms with Crippen molar-refractivity contribution < 1.29 is 13.5 Å². The largest absolute Gasteiger partial charge is 0.494 e. The summed E-state index contributed by atoms with van der Waals surface area (Å²) in [6, 6.07) is 12.3. The number of rotatable bonds is 3. The van der Waals surface area contributed by atoms with E-state index in [1.807, 2.05) is 31.2 Å². The molecule has 2 aliphatic rings. The first-order chi connectivity index (χ1) is 14.9. The zero-order valence-electron chi connectivity index (χ0n) is 17.0. The Bertz CT molecular complexity index is 1390. The van der Waals surface area contributed by atoms with Gasteiger partial charge in [0.15, 0.2) is 11.7 Å². The highest BCUT2D eigenvalue weighted by molar-refractivity contribution is 7.89. The molecule has 1 atom stereocenters. The van der Waals surface area contributed by atoms with Gasteiger partial charge < -0.3 is 15.4 Å². The second kappa shape index (κ2) is 7.60. The van der Waals surface area contributed by atoms with E-state index in [2.05, 4.69) is 20.3 Å².